The number of rotatable bonds is 7. The van der Waals surface area contributed by atoms with Gasteiger partial charge in [-0.2, -0.15) is 0 Å². The highest BCUT2D eigenvalue weighted by atomic mass is 79.9. The third-order valence-corrected chi connectivity index (χ3v) is 6.78. The smallest absolute Gasteiger partial charge is 0.335 e. The average Bonchev–Trinajstić information content (AvgIpc) is 2.84. The van der Waals surface area contributed by atoms with Gasteiger partial charge in [-0.25, -0.2) is 9.69 Å². The van der Waals surface area contributed by atoms with E-state index in [4.69, 9.17) is 32.7 Å². The van der Waals surface area contributed by atoms with E-state index >= 15 is 0 Å². The minimum Gasteiger partial charge on any atom is -0.490 e. The van der Waals surface area contributed by atoms with Gasteiger partial charge in [0.1, 0.15) is 12.2 Å². The van der Waals surface area contributed by atoms with Gasteiger partial charge in [0.25, 0.3) is 11.8 Å². The average molecular weight is 604 g/mol. The van der Waals surface area contributed by atoms with Crippen LogP contribution in [0.4, 0.5) is 10.5 Å². The molecule has 190 valence electrons. The predicted molar refractivity (Wildman–Crippen MR) is 146 cm³/mol. The van der Waals surface area contributed by atoms with Crippen molar-refractivity contribution >= 4 is 68.7 Å². The molecule has 1 aliphatic heterocycles. The van der Waals surface area contributed by atoms with Gasteiger partial charge in [-0.1, -0.05) is 63.4 Å². The fraction of sp³-hybridized carbons (Fsp3) is 0.148. The largest absolute Gasteiger partial charge is 0.490 e. The van der Waals surface area contributed by atoms with Crippen molar-refractivity contribution in [1.82, 2.24) is 5.32 Å². The molecule has 0 unspecified atom stereocenters. The number of hydrogen-bond donors (Lipinski definition) is 1. The van der Waals surface area contributed by atoms with Gasteiger partial charge in [-0.05, 0) is 61.4 Å². The van der Waals surface area contributed by atoms with Gasteiger partial charge in [0.15, 0.2) is 11.5 Å². The number of amides is 4. The Hall–Kier alpha value is -3.33. The van der Waals surface area contributed by atoms with Crippen molar-refractivity contribution < 1.29 is 23.9 Å². The molecule has 37 heavy (non-hydrogen) atoms. The summed E-state index contributed by atoms with van der Waals surface area (Å²) in [7, 11) is 0. The standard InChI is InChI=1S/C27H21BrCl2N2O5/c1-3-36-23-12-16(11-21(30)24(23)37-14-17-6-4-5-7-20(17)28)10-19-25(33)31-27(35)32(26(19)34)22-13-18(29)9-8-15(22)2/h4-13H,3,14H2,1-2H3,(H,31,33,35)/b19-10+. The van der Waals surface area contributed by atoms with Crippen LogP contribution in [0.25, 0.3) is 6.08 Å². The molecule has 1 aliphatic rings. The first-order chi connectivity index (χ1) is 17.7. The first-order valence-electron chi connectivity index (χ1n) is 11.2. The maximum absolute atomic E-state index is 13.3. The third-order valence-electron chi connectivity index (χ3n) is 5.49. The molecule has 3 aromatic carbocycles. The number of imide groups is 2. The van der Waals surface area contributed by atoms with E-state index in [1.54, 1.807) is 31.2 Å². The molecular weight excluding hydrogens is 583 g/mol. The summed E-state index contributed by atoms with van der Waals surface area (Å²) < 4.78 is 12.6. The van der Waals surface area contributed by atoms with Crippen molar-refractivity contribution in [2.24, 2.45) is 0 Å². The summed E-state index contributed by atoms with van der Waals surface area (Å²) in [5.41, 5.74) is 1.99. The molecule has 1 fully saturated rings. The molecule has 3 aromatic rings. The maximum Gasteiger partial charge on any atom is 0.335 e. The number of aryl methyl sites for hydroxylation is 1. The summed E-state index contributed by atoms with van der Waals surface area (Å²) in [4.78, 5) is 39.4. The van der Waals surface area contributed by atoms with E-state index < -0.39 is 17.8 Å². The first kappa shape index (κ1) is 26.7. The summed E-state index contributed by atoms with van der Waals surface area (Å²) >= 11 is 16.1. The molecule has 0 bridgehead atoms. The van der Waals surface area contributed by atoms with Crippen molar-refractivity contribution in [3.63, 3.8) is 0 Å². The van der Waals surface area contributed by atoms with Crippen molar-refractivity contribution in [3.8, 4) is 11.5 Å². The number of carbonyl (C=O) groups excluding carboxylic acids is 3. The second kappa shape index (κ2) is 11.4. The van der Waals surface area contributed by atoms with Crippen LogP contribution in [-0.4, -0.2) is 24.5 Å². The van der Waals surface area contributed by atoms with E-state index in [0.717, 1.165) is 14.9 Å². The van der Waals surface area contributed by atoms with Crippen molar-refractivity contribution in [2.45, 2.75) is 20.5 Å². The lowest BCUT2D eigenvalue weighted by Crippen LogP contribution is -2.54. The lowest BCUT2D eigenvalue weighted by molar-refractivity contribution is -0.122. The summed E-state index contributed by atoms with van der Waals surface area (Å²) in [6, 6.07) is 14.7. The van der Waals surface area contributed by atoms with Gasteiger partial charge >= 0.3 is 6.03 Å². The molecular formula is C27H21BrCl2N2O5. The normalized spacial score (nSPS) is 14.7. The van der Waals surface area contributed by atoms with E-state index in [9.17, 15) is 14.4 Å². The molecule has 1 heterocycles. The lowest BCUT2D eigenvalue weighted by Gasteiger charge is -2.27. The number of ether oxygens (including phenoxy) is 2. The van der Waals surface area contributed by atoms with Gasteiger partial charge in [-0.15, -0.1) is 0 Å². The van der Waals surface area contributed by atoms with Crippen LogP contribution in [0.2, 0.25) is 10.0 Å². The Bertz CT molecular complexity index is 1440. The van der Waals surface area contributed by atoms with E-state index in [1.807, 2.05) is 31.2 Å². The molecule has 4 amide bonds. The predicted octanol–water partition coefficient (Wildman–Crippen LogP) is 6.71. The summed E-state index contributed by atoms with van der Waals surface area (Å²) in [6.07, 6.45) is 1.35. The summed E-state index contributed by atoms with van der Waals surface area (Å²) in [5, 5.41) is 2.78. The van der Waals surface area contributed by atoms with E-state index in [0.29, 0.717) is 34.3 Å². The van der Waals surface area contributed by atoms with Crippen LogP contribution in [0.1, 0.15) is 23.6 Å². The number of hydrogen-bond acceptors (Lipinski definition) is 5. The van der Waals surface area contributed by atoms with Crippen LogP contribution >= 0.6 is 39.1 Å². The highest BCUT2D eigenvalue weighted by molar-refractivity contribution is 9.10. The molecule has 10 heteroatoms. The Morgan fingerprint density at radius 1 is 1.03 bits per heavy atom. The monoisotopic (exact) mass is 602 g/mol. The summed E-state index contributed by atoms with van der Waals surface area (Å²) in [5.74, 6) is -0.944. The van der Waals surface area contributed by atoms with E-state index in [2.05, 4.69) is 21.2 Å². The Kier molecular flexibility index (Phi) is 8.22. The molecule has 7 nitrogen and oxygen atoms in total. The lowest BCUT2D eigenvalue weighted by atomic mass is 10.1. The Morgan fingerprint density at radius 3 is 2.51 bits per heavy atom. The van der Waals surface area contributed by atoms with Crippen molar-refractivity contribution in [1.29, 1.82) is 0 Å². The van der Waals surface area contributed by atoms with Gasteiger partial charge in [-0.3, -0.25) is 14.9 Å². The second-order valence-electron chi connectivity index (χ2n) is 8.03. The molecule has 1 saturated heterocycles. The number of carbonyl (C=O) groups is 3. The summed E-state index contributed by atoms with van der Waals surface area (Å²) in [6.45, 7) is 4.11. The number of anilines is 1. The highest BCUT2D eigenvalue weighted by Gasteiger charge is 2.37. The fourth-order valence-electron chi connectivity index (χ4n) is 3.71. The number of halogens is 3. The third kappa shape index (κ3) is 5.82. The zero-order chi connectivity index (χ0) is 26.7. The molecule has 0 saturated carbocycles. The fourth-order valence-corrected chi connectivity index (χ4v) is 4.55. The first-order valence-corrected chi connectivity index (χ1v) is 12.7. The molecule has 1 N–H and O–H groups in total. The zero-order valence-electron chi connectivity index (χ0n) is 19.8. The Morgan fingerprint density at radius 2 is 1.78 bits per heavy atom. The van der Waals surface area contributed by atoms with E-state index in [-0.39, 0.29) is 22.9 Å². The number of urea groups is 1. The molecule has 0 aliphatic carbocycles. The maximum atomic E-state index is 13.3. The van der Waals surface area contributed by atoms with Crippen LogP contribution in [0.5, 0.6) is 11.5 Å². The van der Waals surface area contributed by atoms with Crippen LogP contribution in [-0.2, 0) is 16.2 Å². The molecule has 0 radical (unpaired) electrons. The highest BCUT2D eigenvalue weighted by Crippen LogP contribution is 2.38. The van der Waals surface area contributed by atoms with E-state index in [1.165, 1.54) is 12.1 Å². The number of barbiturate groups is 1. The van der Waals surface area contributed by atoms with Gasteiger partial charge in [0, 0.05) is 15.1 Å². The molecule has 4 rings (SSSR count). The van der Waals surface area contributed by atoms with Crippen LogP contribution in [0.3, 0.4) is 0 Å². The van der Waals surface area contributed by atoms with Crippen molar-refractivity contribution in [2.75, 3.05) is 11.5 Å². The Labute approximate surface area is 232 Å². The molecule has 0 spiro atoms. The number of benzene rings is 3. The number of nitrogens with one attached hydrogen (secondary N) is 1. The van der Waals surface area contributed by atoms with Crippen LogP contribution < -0.4 is 19.7 Å². The SMILES string of the molecule is CCOc1cc(/C=C2\C(=O)NC(=O)N(c3cc(Cl)ccc3C)C2=O)cc(Cl)c1OCc1ccccc1Br. The van der Waals surface area contributed by atoms with Crippen LogP contribution in [0.15, 0.2) is 64.6 Å². The number of nitrogens with zero attached hydrogens (tertiary/aromatic N) is 1. The molecule has 0 aromatic heterocycles. The minimum absolute atomic E-state index is 0.229. The van der Waals surface area contributed by atoms with Crippen molar-refractivity contribution in [3.05, 3.63) is 91.4 Å². The Balaban J connectivity index is 1.69. The van der Waals surface area contributed by atoms with Gasteiger partial charge in [0.05, 0.1) is 17.3 Å². The van der Waals surface area contributed by atoms with Gasteiger partial charge in [0.2, 0.25) is 0 Å². The van der Waals surface area contributed by atoms with Crippen LogP contribution in [0, 0.1) is 6.92 Å². The topological polar surface area (TPSA) is 84.9 Å². The second-order valence-corrected chi connectivity index (χ2v) is 9.73. The van der Waals surface area contributed by atoms with Gasteiger partial charge < -0.3 is 9.47 Å². The molecule has 0 atom stereocenters. The zero-order valence-corrected chi connectivity index (χ0v) is 22.9. The minimum atomic E-state index is -0.860. The quantitative estimate of drug-likeness (QED) is 0.240.